The SMILES string of the molecule is ClCC12C[C@@H]3CC1C[C@@H](C3)C2. The zero-order chi connectivity index (χ0) is 7.47. The van der Waals surface area contributed by atoms with Crippen molar-refractivity contribution in [2.45, 2.75) is 32.1 Å². The molecule has 0 radical (unpaired) electrons. The van der Waals surface area contributed by atoms with Crippen LogP contribution in [0.4, 0.5) is 0 Å². The molecule has 2 unspecified atom stereocenters. The fourth-order valence-electron chi connectivity index (χ4n) is 4.18. The van der Waals surface area contributed by atoms with Crippen LogP contribution in [0.3, 0.4) is 0 Å². The van der Waals surface area contributed by atoms with Crippen molar-refractivity contribution < 1.29 is 0 Å². The summed E-state index contributed by atoms with van der Waals surface area (Å²) in [6, 6.07) is 0. The topological polar surface area (TPSA) is 0 Å². The van der Waals surface area contributed by atoms with Crippen molar-refractivity contribution >= 4 is 11.6 Å². The van der Waals surface area contributed by atoms with Crippen molar-refractivity contribution in [2.75, 3.05) is 5.88 Å². The third-order valence-corrected chi connectivity index (χ3v) is 4.96. The van der Waals surface area contributed by atoms with Gasteiger partial charge in [-0.15, -0.1) is 11.6 Å². The van der Waals surface area contributed by atoms with Gasteiger partial charge in [0.2, 0.25) is 0 Å². The van der Waals surface area contributed by atoms with Gasteiger partial charge in [-0.2, -0.15) is 0 Å². The maximum Gasteiger partial charge on any atom is 0.0282 e. The first kappa shape index (κ1) is 6.77. The summed E-state index contributed by atoms with van der Waals surface area (Å²) in [6.07, 6.45) is 7.51. The normalized spacial score (nSPS) is 59.2. The molecule has 4 aliphatic carbocycles. The molecule has 4 bridgehead atoms. The summed E-state index contributed by atoms with van der Waals surface area (Å²) < 4.78 is 0. The molecule has 0 aromatic heterocycles. The predicted octanol–water partition coefficient (Wildman–Crippen LogP) is 3.05. The monoisotopic (exact) mass is 170 g/mol. The van der Waals surface area contributed by atoms with Crippen LogP contribution in [-0.4, -0.2) is 5.88 Å². The lowest BCUT2D eigenvalue weighted by Gasteiger charge is -2.30. The second-order valence-electron chi connectivity index (χ2n) is 5.04. The standard InChI is InChI=1S/C10H15Cl/c11-6-10-4-7-1-8(5-10)3-9(10)2-7/h7-9H,1-6H2/t7-,8+,9?,10?. The predicted molar refractivity (Wildman–Crippen MR) is 46.7 cm³/mol. The highest BCUT2D eigenvalue weighted by atomic mass is 35.5. The Morgan fingerprint density at radius 3 is 2.18 bits per heavy atom. The fraction of sp³-hybridized carbons (Fsp3) is 1.00. The van der Waals surface area contributed by atoms with E-state index < -0.39 is 0 Å². The number of alkyl halides is 1. The van der Waals surface area contributed by atoms with E-state index in [1.165, 1.54) is 32.1 Å². The average molecular weight is 171 g/mol. The minimum absolute atomic E-state index is 0.634. The number of halogens is 1. The first-order valence-corrected chi connectivity index (χ1v) is 5.42. The van der Waals surface area contributed by atoms with Crippen LogP contribution in [0, 0.1) is 23.2 Å². The Morgan fingerprint density at radius 2 is 1.73 bits per heavy atom. The smallest absolute Gasteiger partial charge is 0.0282 e. The zero-order valence-corrected chi connectivity index (χ0v) is 7.61. The van der Waals surface area contributed by atoms with Gasteiger partial charge >= 0.3 is 0 Å². The van der Waals surface area contributed by atoms with Crippen molar-refractivity contribution in [3.63, 3.8) is 0 Å². The van der Waals surface area contributed by atoms with E-state index >= 15 is 0 Å². The van der Waals surface area contributed by atoms with Crippen LogP contribution < -0.4 is 0 Å². The zero-order valence-electron chi connectivity index (χ0n) is 6.85. The van der Waals surface area contributed by atoms with Crippen LogP contribution in [0.1, 0.15) is 32.1 Å². The summed E-state index contributed by atoms with van der Waals surface area (Å²) >= 11 is 6.09. The maximum atomic E-state index is 6.09. The number of hydrogen-bond donors (Lipinski definition) is 0. The van der Waals surface area contributed by atoms with Crippen molar-refractivity contribution in [3.8, 4) is 0 Å². The highest BCUT2D eigenvalue weighted by Gasteiger charge is 2.56. The Kier molecular flexibility index (Phi) is 1.21. The Hall–Kier alpha value is 0.290. The van der Waals surface area contributed by atoms with Crippen LogP contribution in [0.2, 0.25) is 0 Å². The molecule has 4 atom stereocenters. The third kappa shape index (κ3) is 0.722. The summed E-state index contributed by atoms with van der Waals surface area (Å²) in [5, 5.41) is 0. The molecular formula is C10H15Cl. The molecule has 0 aliphatic heterocycles. The molecule has 0 N–H and O–H groups in total. The van der Waals surface area contributed by atoms with E-state index in [0.29, 0.717) is 5.41 Å². The lowest BCUT2D eigenvalue weighted by molar-refractivity contribution is 0.228. The summed E-state index contributed by atoms with van der Waals surface area (Å²) in [6.45, 7) is 0. The molecule has 0 aromatic carbocycles. The van der Waals surface area contributed by atoms with Gasteiger partial charge < -0.3 is 0 Å². The molecule has 4 aliphatic rings. The second kappa shape index (κ2) is 1.96. The van der Waals surface area contributed by atoms with Crippen LogP contribution in [0.25, 0.3) is 0 Å². The molecule has 0 aromatic rings. The van der Waals surface area contributed by atoms with Crippen LogP contribution >= 0.6 is 11.6 Å². The van der Waals surface area contributed by atoms with Gasteiger partial charge in [-0.25, -0.2) is 0 Å². The van der Waals surface area contributed by atoms with Gasteiger partial charge in [-0.05, 0) is 55.3 Å². The van der Waals surface area contributed by atoms with Crippen molar-refractivity contribution in [3.05, 3.63) is 0 Å². The largest absolute Gasteiger partial charge is 0.126 e. The van der Waals surface area contributed by atoms with Gasteiger partial charge in [0, 0.05) is 5.88 Å². The highest BCUT2D eigenvalue weighted by Crippen LogP contribution is 2.65. The van der Waals surface area contributed by atoms with E-state index in [9.17, 15) is 0 Å². The lowest BCUT2D eigenvalue weighted by Crippen LogP contribution is -2.24. The molecule has 4 fully saturated rings. The van der Waals surface area contributed by atoms with Crippen molar-refractivity contribution in [1.82, 2.24) is 0 Å². The van der Waals surface area contributed by atoms with E-state index in [1.807, 2.05) is 0 Å². The lowest BCUT2D eigenvalue weighted by atomic mass is 9.77. The number of hydrogen-bond acceptors (Lipinski definition) is 0. The molecule has 0 nitrogen and oxygen atoms in total. The van der Waals surface area contributed by atoms with E-state index in [0.717, 1.165) is 23.6 Å². The molecular weight excluding hydrogens is 156 g/mol. The van der Waals surface area contributed by atoms with E-state index in [2.05, 4.69) is 0 Å². The fourth-order valence-corrected chi connectivity index (χ4v) is 4.62. The maximum absolute atomic E-state index is 6.09. The highest BCUT2D eigenvalue weighted by molar-refractivity contribution is 6.18. The molecule has 0 heterocycles. The Labute approximate surface area is 73.3 Å². The first-order chi connectivity index (χ1) is 5.32. The van der Waals surface area contributed by atoms with E-state index in [-0.39, 0.29) is 0 Å². The minimum atomic E-state index is 0.634. The minimum Gasteiger partial charge on any atom is -0.126 e. The second-order valence-corrected chi connectivity index (χ2v) is 5.31. The van der Waals surface area contributed by atoms with Gasteiger partial charge in [0.1, 0.15) is 0 Å². The average Bonchev–Trinajstić information content (AvgIpc) is 2.37. The molecule has 0 amide bonds. The molecule has 11 heavy (non-hydrogen) atoms. The Bertz CT molecular complexity index is 173. The van der Waals surface area contributed by atoms with Crippen LogP contribution in [0.15, 0.2) is 0 Å². The quantitative estimate of drug-likeness (QED) is 0.531. The number of rotatable bonds is 1. The van der Waals surface area contributed by atoms with Crippen molar-refractivity contribution in [1.29, 1.82) is 0 Å². The van der Waals surface area contributed by atoms with Gasteiger partial charge in [0.05, 0.1) is 0 Å². The Balaban J connectivity index is 1.98. The molecule has 62 valence electrons. The van der Waals surface area contributed by atoms with Gasteiger partial charge in [-0.1, -0.05) is 0 Å². The first-order valence-electron chi connectivity index (χ1n) is 4.88. The van der Waals surface area contributed by atoms with Crippen LogP contribution in [0.5, 0.6) is 0 Å². The molecule has 1 heteroatoms. The summed E-state index contributed by atoms with van der Waals surface area (Å²) in [5.74, 6) is 4.13. The van der Waals surface area contributed by atoms with E-state index in [4.69, 9.17) is 11.6 Å². The van der Waals surface area contributed by atoms with Gasteiger partial charge in [0.15, 0.2) is 0 Å². The molecule has 4 rings (SSSR count). The Morgan fingerprint density at radius 1 is 1.09 bits per heavy atom. The third-order valence-electron chi connectivity index (χ3n) is 4.42. The van der Waals surface area contributed by atoms with Gasteiger partial charge in [0.25, 0.3) is 0 Å². The summed E-state index contributed by atoms with van der Waals surface area (Å²) in [4.78, 5) is 0. The van der Waals surface area contributed by atoms with Crippen LogP contribution in [-0.2, 0) is 0 Å². The van der Waals surface area contributed by atoms with Crippen molar-refractivity contribution in [2.24, 2.45) is 23.2 Å². The molecule has 0 saturated heterocycles. The summed E-state index contributed by atoms with van der Waals surface area (Å²) in [5.41, 5.74) is 0.634. The van der Waals surface area contributed by atoms with Gasteiger partial charge in [-0.3, -0.25) is 0 Å². The molecule has 0 spiro atoms. The van der Waals surface area contributed by atoms with E-state index in [1.54, 1.807) is 0 Å². The molecule has 4 saturated carbocycles. The summed E-state index contributed by atoms with van der Waals surface area (Å²) in [7, 11) is 0.